The smallest absolute Gasteiger partial charge is 0.0487 e. The molecule has 0 heterocycles. The Morgan fingerprint density at radius 1 is 1.17 bits per heavy atom. The van der Waals surface area contributed by atoms with E-state index in [1.807, 2.05) is 0 Å². The highest BCUT2D eigenvalue weighted by atomic mass is 79.9. The molecule has 2 atom stereocenters. The number of hydrogen-bond acceptors (Lipinski definition) is 1. The fraction of sp³-hybridized carbons (Fsp3) is 0.600. The van der Waals surface area contributed by atoms with Gasteiger partial charge in [-0.3, -0.25) is 0 Å². The zero-order chi connectivity index (χ0) is 13.0. The van der Waals surface area contributed by atoms with Crippen LogP contribution in [0, 0.1) is 5.92 Å². The van der Waals surface area contributed by atoms with E-state index in [4.69, 9.17) is 0 Å². The Morgan fingerprint density at radius 3 is 2.72 bits per heavy atom. The van der Waals surface area contributed by atoms with Gasteiger partial charge in [-0.15, -0.1) is 0 Å². The molecule has 1 nitrogen and oxygen atoms in total. The second-order valence-corrected chi connectivity index (χ2v) is 7.02. The summed E-state index contributed by atoms with van der Waals surface area (Å²) >= 11 is 7.12. The minimum absolute atomic E-state index is 0.638. The van der Waals surface area contributed by atoms with Crippen LogP contribution in [0.25, 0.3) is 0 Å². The number of hydrogen-bond donors (Lipinski definition) is 1. The Labute approximate surface area is 127 Å². The molecule has 1 aliphatic carbocycles. The van der Waals surface area contributed by atoms with E-state index in [-0.39, 0.29) is 0 Å². The molecule has 3 heteroatoms. The van der Waals surface area contributed by atoms with E-state index in [1.165, 1.54) is 44.2 Å². The standard InChI is InChI=1S/C15H21Br2N/c1-2-11-4-3-5-13(8-6-11)18-15-9-7-12(16)10-14(15)17/h7,9-11,13,18H,2-6,8H2,1H3. The van der Waals surface area contributed by atoms with Gasteiger partial charge in [-0.05, 0) is 59.3 Å². The Morgan fingerprint density at radius 2 is 2.00 bits per heavy atom. The van der Waals surface area contributed by atoms with E-state index in [2.05, 4.69) is 62.3 Å². The molecule has 0 amide bonds. The normalized spacial score (nSPS) is 24.6. The van der Waals surface area contributed by atoms with Crippen LogP contribution in [-0.4, -0.2) is 6.04 Å². The molecule has 1 fully saturated rings. The molecule has 1 saturated carbocycles. The van der Waals surface area contributed by atoms with Crippen molar-refractivity contribution >= 4 is 37.5 Å². The molecule has 18 heavy (non-hydrogen) atoms. The summed E-state index contributed by atoms with van der Waals surface area (Å²) in [6.07, 6.45) is 8.11. The summed E-state index contributed by atoms with van der Waals surface area (Å²) in [6, 6.07) is 6.99. The van der Waals surface area contributed by atoms with Gasteiger partial charge in [-0.25, -0.2) is 0 Å². The van der Waals surface area contributed by atoms with Crippen LogP contribution in [0.4, 0.5) is 5.69 Å². The van der Waals surface area contributed by atoms with Crippen LogP contribution >= 0.6 is 31.9 Å². The van der Waals surface area contributed by atoms with Gasteiger partial charge in [-0.2, -0.15) is 0 Å². The quantitative estimate of drug-likeness (QED) is 0.641. The minimum Gasteiger partial charge on any atom is -0.381 e. The monoisotopic (exact) mass is 373 g/mol. The van der Waals surface area contributed by atoms with Crippen LogP contribution in [0.5, 0.6) is 0 Å². The SMILES string of the molecule is CCC1CCCC(Nc2ccc(Br)cc2Br)CC1. The summed E-state index contributed by atoms with van der Waals surface area (Å²) < 4.78 is 2.26. The maximum Gasteiger partial charge on any atom is 0.0487 e. The first-order valence-electron chi connectivity index (χ1n) is 6.90. The molecule has 0 spiro atoms. The first kappa shape index (κ1) is 14.4. The second kappa shape index (κ2) is 6.95. The number of nitrogens with one attached hydrogen (secondary N) is 1. The molecule has 1 N–H and O–H groups in total. The second-order valence-electron chi connectivity index (χ2n) is 5.25. The maximum absolute atomic E-state index is 3.69. The van der Waals surface area contributed by atoms with Crippen molar-refractivity contribution in [3.63, 3.8) is 0 Å². The third kappa shape index (κ3) is 3.99. The van der Waals surface area contributed by atoms with Gasteiger partial charge in [-0.1, -0.05) is 42.1 Å². The third-order valence-electron chi connectivity index (χ3n) is 3.96. The van der Waals surface area contributed by atoms with Crippen molar-refractivity contribution in [3.05, 3.63) is 27.1 Å². The summed E-state index contributed by atoms with van der Waals surface area (Å²) in [5, 5.41) is 3.69. The van der Waals surface area contributed by atoms with Crippen molar-refractivity contribution in [2.24, 2.45) is 5.92 Å². The number of benzene rings is 1. The summed E-state index contributed by atoms with van der Waals surface area (Å²) in [7, 11) is 0. The third-order valence-corrected chi connectivity index (χ3v) is 5.11. The molecule has 0 aliphatic heterocycles. The summed E-state index contributed by atoms with van der Waals surface area (Å²) in [4.78, 5) is 0. The van der Waals surface area contributed by atoms with Gasteiger partial charge in [0, 0.05) is 20.7 Å². The van der Waals surface area contributed by atoms with Crippen molar-refractivity contribution in [1.29, 1.82) is 0 Å². The zero-order valence-electron chi connectivity index (χ0n) is 10.9. The summed E-state index contributed by atoms with van der Waals surface area (Å²) in [5.74, 6) is 0.949. The Bertz CT molecular complexity index is 392. The van der Waals surface area contributed by atoms with E-state index in [1.54, 1.807) is 0 Å². The van der Waals surface area contributed by atoms with Crippen molar-refractivity contribution in [2.75, 3.05) is 5.32 Å². The van der Waals surface area contributed by atoms with Gasteiger partial charge in [0.1, 0.15) is 0 Å². The Kier molecular flexibility index (Phi) is 5.56. The van der Waals surface area contributed by atoms with Gasteiger partial charge in [0.05, 0.1) is 0 Å². The van der Waals surface area contributed by atoms with E-state index >= 15 is 0 Å². The molecular formula is C15H21Br2N. The molecule has 0 radical (unpaired) electrons. The number of rotatable bonds is 3. The van der Waals surface area contributed by atoms with Crippen LogP contribution in [-0.2, 0) is 0 Å². The van der Waals surface area contributed by atoms with Crippen molar-refractivity contribution in [3.8, 4) is 0 Å². The summed E-state index contributed by atoms with van der Waals surface area (Å²) in [6.45, 7) is 2.32. The molecule has 2 unspecified atom stereocenters. The molecule has 0 saturated heterocycles. The maximum atomic E-state index is 3.69. The van der Waals surface area contributed by atoms with E-state index < -0.39 is 0 Å². The van der Waals surface area contributed by atoms with Crippen LogP contribution in [0.1, 0.15) is 45.4 Å². The zero-order valence-corrected chi connectivity index (χ0v) is 14.1. The average Bonchev–Trinajstić information content (AvgIpc) is 2.58. The highest BCUT2D eigenvalue weighted by Gasteiger charge is 2.18. The van der Waals surface area contributed by atoms with Crippen LogP contribution in [0.15, 0.2) is 27.1 Å². The first-order chi connectivity index (χ1) is 8.69. The van der Waals surface area contributed by atoms with Gasteiger partial charge in [0.15, 0.2) is 0 Å². The molecule has 0 aromatic heterocycles. The van der Waals surface area contributed by atoms with E-state index in [0.717, 1.165) is 14.9 Å². The van der Waals surface area contributed by atoms with Gasteiger partial charge >= 0.3 is 0 Å². The topological polar surface area (TPSA) is 12.0 Å². The van der Waals surface area contributed by atoms with Gasteiger partial charge in [0.25, 0.3) is 0 Å². The molecule has 2 rings (SSSR count). The lowest BCUT2D eigenvalue weighted by Gasteiger charge is -2.19. The fourth-order valence-corrected chi connectivity index (χ4v) is 3.92. The molecule has 1 aromatic rings. The molecule has 100 valence electrons. The lowest BCUT2D eigenvalue weighted by Crippen LogP contribution is -2.18. The molecule has 1 aromatic carbocycles. The Hall–Kier alpha value is -0.0200. The minimum atomic E-state index is 0.638. The van der Waals surface area contributed by atoms with Gasteiger partial charge < -0.3 is 5.32 Å². The first-order valence-corrected chi connectivity index (χ1v) is 8.49. The predicted octanol–water partition coefficient (Wildman–Crippen LogP) is 5.98. The van der Waals surface area contributed by atoms with Crippen molar-refractivity contribution in [2.45, 2.75) is 51.5 Å². The van der Waals surface area contributed by atoms with Crippen LogP contribution in [0.3, 0.4) is 0 Å². The Balaban J connectivity index is 1.96. The van der Waals surface area contributed by atoms with E-state index in [9.17, 15) is 0 Å². The average molecular weight is 375 g/mol. The number of halogens is 2. The van der Waals surface area contributed by atoms with Crippen molar-refractivity contribution < 1.29 is 0 Å². The summed E-state index contributed by atoms with van der Waals surface area (Å²) in [5.41, 5.74) is 1.22. The van der Waals surface area contributed by atoms with E-state index in [0.29, 0.717) is 6.04 Å². The predicted molar refractivity (Wildman–Crippen MR) is 86.1 cm³/mol. The highest BCUT2D eigenvalue weighted by molar-refractivity contribution is 9.11. The van der Waals surface area contributed by atoms with Crippen LogP contribution in [0.2, 0.25) is 0 Å². The lowest BCUT2D eigenvalue weighted by atomic mass is 9.98. The van der Waals surface area contributed by atoms with Crippen molar-refractivity contribution in [1.82, 2.24) is 0 Å². The van der Waals surface area contributed by atoms with Gasteiger partial charge in [0.2, 0.25) is 0 Å². The van der Waals surface area contributed by atoms with Crippen LogP contribution < -0.4 is 5.32 Å². The molecular weight excluding hydrogens is 354 g/mol. The molecule has 0 bridgehead atoms. The fourth-order valence-electron chi connectivity index (χ4n) is 2.76. The number of anilines is 1. The highest BCUT2D eigenvalue weighted by Crippen LogP contribution is 2.31. The lowest BCUT2D eigenvalue weighted by molar-refractivity contribution is 0.444. The largest absolute Gasteiger partial charge is 0.381 e. The molecule has 1 aliphatic rings.